The number of amides is 1. The van der Waals surface area contributed by atoms with Crippen molar-refractivity contribution >= 4 is 11.9 Å². The van der Waals surface area contributed by atoms with Gasteiger partial charge in [-0.3, -0.25) is 14.5 Å². The first-order valence-electron chi connectivity index (χ1n) is 8.66. The first-order valence-corrected chi connectivity index (χ1v) is 8.66. The zero-order chi connectivity index (χ0) is 18.5. The summed E-state index contributed by atoms with van der Waals surface area (Å²) in [4.78, 5) is 29.0. The maximum Gasteiger partial charge on any atom is 0.317 e. The molecular formula is C17H22N4O5. The fourth-order valence-electron chi connectivity index (χ4n) is 3.06. The molecule has 0 atom stereocenters. The zero-order valence-electron chi connectivity index (χ0n) is 14.6. The van der Waals surface area contributed by atoms with Gasteiger partial charge in [-0.05, 0) is 31.5 Å². The summed E-state index contributed by atoms with van der Waals surface area (Å²) in [6.07, 6.45) is 3.69. The topological polar surface area (TPSA) is 122 Å². The molecule has 0 aliphatic heterocycles. The molecule has 2 aromatic heterocycles. The van der Waals surface area contributed by atoms with E-state index in [2.05, 4.69) is 15.5 Å². The van der Waals surface area contributed by atoms with Crippen LogP contribution in [0.15, 0.2) is 27.3 Å². The van der Waals surface area contributed by atoms with Crippen LogP contribution in [0, 0.1) is 0 Å². The van der Waals surface area contributed by atoms with Crippen molar-refractivity contribution in [3.8, 4) is 11.6 Å². The fourth-order valence-corrected chi connectivity index (χ4v) is 3.06. The number of carbonyl (C=O) groups is 2. The molecule has 0 unspecified atom stereocenters. The quantitative estimate of drug-likeness (QED) is 0.685. The molecule has 0 spiro atoms. The highest BCUT2D eigenvalue weighted by Crippen LogP contribution is 2.25. The molecular weight excluding hydrogens is 340 g/mol. The third kappa shape index (κ3) is 4.48. The lowest BCUT2D eigenvalue weighted by Gasteiger charge is -2.42. The Kier molecular flexibility index (Phi) is 5.67. The molecule has 2 N–H and O–H groups in total. The predicted octanol–water partition coefficient (Wildman–Crippen LogP) is 1.32. The van der Waals surface area contributed by atoms with Gasteiger partial charge in [0.15, 0.2) is 5.76 Å². The van der Waals surface area contributed by atoms with Crippen LogP contribution in [0.2, 0.25) is 0 Å². The molecule has 1 aliphatic carbocycles. The van der Waals surface area contributed by atoms with E-state index in [0.717, 1.165) is 12.8 Å². The second-order valence-electron chi connectivity index (χ2n) is 6.34. The van der Waals surface area contributed by atoms with Crippen LogP contribution >= 0.6 is 0 Å². The number of nitrogens with one attached hydrogen (secondary N) is 1. The number of likely N-dealkylation sites (N-methyl/N-ethyl adjacent to an activating group) is 1. The highest BCUT2D eigenvalue weighted by molar-refractivity contribution is 5.76. The van der Waals surface area contributed by atoms with Gasteiger partial charge in [-0.15, -0.1) is 0 Å². The van der Waals surface area contributed by atoms with Gasteiger partial charge in [0.05, 0.1) is 12.8 Å². The molecule has 3 rings (SSSR count). The molecule has 26 heavy (non-hydrogen) atoms. The molecule has 1 aliphatic rings. The van der Waals surface area contributed by atoms with E-state index in [0.29, 0.717) is 30.4 Å². The molecule has 2 aromatic rings. The Morgan fingerprint density at radius 1 is 1.42 bits per heavy atom. The Hall–Kier alpha value is -2.68. The van der Waals surface area contributed by atoms with Crippen LogP contribution in [-0.2, 0) is 16.0 Å². The van der Waals surface area contributed by atoms with E-state index < -0.39 is 5.97 Å². The van der Waals surface area contributed by atoms with Crippen molar-refractivity contribution in [3.05, 3.63) is 24.3 Å². The molecule has 0 bridgehead atoms. The molecule has 140 valence electrons. The number of aryl methyl sites for hydroxylation is 1. The van der Waals surface area contributed by atoms with Crippen molar-refractivity contribution in [3.63, 3.8) is 0 Å². The number of carboxylic acids is 1. The summed E-state index contributed by atoms with van der Waals surface area (Å²) >= 11 is 0. The SMILES string of the molecule is CCN(CC(=O)O)C1CC(NC(=O)CCc2nc(-c3ccco3)no2)C1. The minimum Gasteiger partial charge on any atom is -0.480 e. The number of furan rings is 1. The zero-order valence-corrected chi connectivity index (χ0v) is 14.6. The Labute approximate surface area is 150 Å². The van der Waals surface area contributed by atoms with Crippen molar-refractivity contribution in [1.29, 1.82) is 0 Å². The summed E-state index contributed by atoms with van der Waals surface area (Å²) in [5, 5.41) is 15.7. The van der Waals surface area contributed by atoms with E-state index in [1.165, 1.54) is 6.26 Å². The largest absolute Gasteiger partial charge is 0.480 e. The van der Waals surface area contributed by atoms with E-state index in [-0.39, 0.29) is 31.0 Å². The summed E-state index contributed by atoms with van der Waals surface area (Å²) in [5.41, 5.74) is 0. The molecule has 1 amide bonds. The van der Waals surface area contributed by atoms with Gasteiger partial charge in [0.25, 0.3) is 0 Å². The van der Waals surface area contributed by atoms with E-state index in [1.54, 1.807) is 12.1 Å². The van der Waals surface area contributed by atoms with E-state index in [4.69, 9.17) is 14.0 Å². The molecule has 0 radical (unpaired) electrons. The second kappa shape index (κ2) is 8.13. The second-order valence-corrected chi connectivity index (χ2v) is 6.34. The number of hydrogen-bond donors (Lipinski definition) is 2. The fraction of sp³-hybridized carbons (Fsp3) is 0.529. The Morgan fingerprint density at radius 3 is 2.88 bits per heavy atom. The number of carbonyl (C=O) groups excluding carboxylic acids is 1. The lowest BCUT2D eigenvalue weighted by Crippen LogP contribution is -2.54. The summed E-state index contributed by atoms with van der Waals surface area (Å²) in [5.74, 6) is 0.370. The summed E-state index contributed by atoms with van der Waals surface area (Å²) in [6.45, 7) is 2.67. The summed E-state index contributed by atoms with van der Waals surface area (Å²) in [7, 11) is 0. The van der Waals surface area contributed by atoms with Crippen LogP contribution in [0.25, 0.3) is 11.6 Å². The maximum atomic E-state index is 12.1. The van der Waals surface area contributed by atoms with Gasteiger partial charge in [0.2, 0.25) is 17.6 Å². The van der Waals surface area contributed by atoms with Crippen LogP contribution in [0.5, 0.6) is 0 Å². The van der Waals surface area contributed by atoms with Crippen molar-refractivity contribution in [1.82, 2.24) is 20.4 Å². The van der Waals surface area contributed by atoms with Crippen LogP contribution in [0.3, 0.4) is 0 Å². The molecule has 1 fully saturated rings. The minimum absolute atomic E-state index is 0.0387. The number of nitrogens with zero attached hydrogens (tertiary/aromatic N) is 3. The summed E-state index contributed by atoms with van der Waals surface area (Å²) in [6, 6.07) is 3.78. The van der Waals surface area contributed by atoms with Gasteiger partial charge in [-0.1, -0.05) is 12.1 Å². The average Bonchev–Trinajstić information content (AvgIpc) is 3.24. The van der Waals surface area contributed by atoms with Gasteiger partial charge in [-0.25, -0.2) is 0 Å². The van der Waals surface area contributed by atoms with Gasteiger partial charge >= 0.3 is 5.97 Å². The molecule has 2 heterocycles. The van der Waals surface area contributed by atoms with E-state index >= 15 is 0 Å². The maximum absolute atomic E-state index is 12.1. The highest BCUT2D eigenvalue weighted by atomic mass is 16.5. The van der Waals surface area contributed by atoms with Gasteiger partial charge in [-0.2, -0.15) is 4.98 Å². The number of aromatic nitrogens is 2. The number of hydrogen-bond acceptors (Lipinski definition) is 7. The van der Waals surface area contributed by atoms with Gasteiger partial charge < -0.3 is 19.4 Å². The third-order valence-corrected chi connectivity index (χ3v) is 4.51. The number of carboxylic acid groups (broad SMARTS) is 1. The monoisotopic (exact) mass is 362 g/mol. The van der Waals surface area contributed by atoms with Crippen LogP contribution in [-0.4, -0.2) is 57.2 Å². The third-order valence-electron chi connectivity index (χ3n) is 4.51. The van der Waals surface area contributed by atoms with Crippen LogP contribution in [0.4, 0.5) is 0 Å². The Balaban J connectivity index is 1.38. The Morgan fingerprint density at radius 2 is 2.23 bits per heavy atom. The van der Waals surface area contributed by atoms with E-state index in [1.807, 2.05) is 11.8 Å². The molecule has 0 saturated heterocycles. The molecule has 9 nitrogen and oxygen atoms in total. The van der Waals surface area contributed by atoms with Crippen molar-refractivity contribution in [2.75, 3.05) is 13.1 Å². The molecule has 0 aromatic carbocycles. The summed E-state index contributed by atoms with van der Waals surface area (Å²) < 4.78 is 10.3. The molecule has 1 saturated carbocycles. The average molecular weight is 362 g/mol. The standard InChI is InChI=1S/C17H22N4O5/c1-2-21(10-16(23)24)12-8-11(9-12)18-14(22)5-6-15-19-17(20-26-15)13-4-3-7-25-13/h3-4,7,11-12H,2,5-6,8-10H2,1H3,(H,18,22)(H,23,24). The number of aliphatic carboxylic acids is 1. The Bertz CT molecular complexity index is 736. The normalized spacial score (nSPS) is 19.3. The van der Waals surface area contributed by atoms with Gasteiger partial charge in [0, 0.05) is 24.9 Å². The lowest BCUT2D eigenvalue weighted by molar-refractivity contribution is -0.139. The first-order chi connectivity index (χ1) is 12.5. The van der Waals surface area contributed by atoms with Crippen LogP contribution < -0.4 is 5.32 Å². The lowest BCUT2D eigenvalue weighted by atomic mass is 9.85. The van der Waals surface area contributed by atoms with Crippen molar-refractivity contribution in [2.24, 2.45) is 0 Å². The smallest absolute Gasteiger partial charge is 0.317 e. The van der Waals surface area contributed by atoms with Crippen LogP contribution in [0.1, 0.15) is 32.1 Å². The van der Waals surface area contributed by atoms with Gasteiger partial charge in [0.1, 0.15) is 0 Å². The number of rotatable bonds is 9. The van der Waals surface area contributed by atoms with Crippen molar-refractivity contribution in [2.45, 2.75) is 44.7 Å². The predicted molar refractivity (Wildman–Crippen MR) is 90.2 cm³/mol. The van der Waals surface area contributed by atoms with E-state index in [9.17, 15) is 9.59 Å². The minimum atomic E-state index is -0.826. The van der Waals surface area contributed by atoms with Crippen molar-refractivity contribution < 1.29 is 23.6 Å². The first kappa shape index (κ1) is 18.1. The molecule has 9 heteroatoms. The highest BCUT2D eigenvalue weighted by Gasteiger charge is 2.34.